The van der Waals surface area contributed by atoms with Gasteiger partial charge in [-0.1, -0.05) is 37.1 Å². The van der Waals surface area contributed by atoms with Gasteiger partial charge in [0.25, 0.3) is 10.0 Å². The van der Waals surface area contributed by atoms with Crippen LogP contribution in [0.4, 0.5) is 5.69 Å². The highest BCUT2D eigenvalue weighted by atomic mass is 35.5. The fourth-order valence-electron chi connectivity index (χ4n) is 2.74. The topological polar surface area (TPSA) is 66.5 Å². The van der Waals surface area contributed by atoms with E-state index in [0.29, 0.717) is 10.7 Å². The summed E-state index contributed by atoms with van der Waals surface area (Å²) >= 11 is 5.83. The predicted molar refractivity (Wildman–Crippen MR) is 110 cm³/mol. The fourth-order valence-corrected chi connectivity index (χ4v) is 4.07. The van der Waals surface area contributed by atoms with Crippen LogP contribution >= 0.6 is 11.6 Å². The average molecular weight is 409 g/mol. The number of nitrogens with zero attached hydrogens (tertiary/aromatic N) is 1. The van der Waals surface area contributed by atoms with Crippen molar-refractivity contribution in [3.05, 3.63) is 59.1 Å². The standard InChI is InChI=1S/C20H25ClN2O3S/c1-4-5-15(2)22-20(24)14-16-6-10-18(11-7-16)23(3)27(25,26)19-12-8-17(21)9-13-19/h6-13,15H,4-5,14H2,1-3H3,(H,22,24)/t15-/m1/s1. The molecule has 0 unspecified atom stereocenters. The van der Waals surface area contributed by atoms with E-state index in [1.165, 1.54) is 23.5 Å². The lowest BCUT2D eigenvalue weighted by atomic mass is 10.1. The van der Waals surface area contributed by atoms with Gasteiger partial charge in [-0.05, 0) is 55.3 Å². The molecule has 7 heteroatoms. The van der Waals surface area contributed by atoms with Crippen LogP contribution < -0.4 is 9.62 Å². The molecular formula is C20H25ClN2O3S. The van der Waals surface area contributed by atoms with Gasteiger partial charge in [0.1, 0.15) is 0 Å². The minimum Gasteiger partial charge on any atom is -0.353 e. The van der Waals surface area contributed by atoms with E-state index in [4.69, 9.17) is 11.6 Å². The van der Waals surface area contributed by atoms with Crippen molar-refractivity contribution >= 4 is 33.2 Å². The average Bonchev–Trinajstić information content (AvgIpc) is 2.62. The fraction of sp³-hybridized carbons (Fsp3) is 0.350. The second kappa shape index (κ2) is 9.24. The van der Waals surface area contributed by atoms with Crippen LogP contribution in [0.25, 0.3) is 0 Å². The number of nitrogens with one attached hydrogen (secondary N) is 1. The molecule has 146 valence electrons. The zero-order chi connectivity index (χ0) is 20.0. The molecule has 2 aromatic rings. The molecule has 5 nitrogen and oxygen atoms in total. The summed E-state index contributed by atoms with van der Waals surface area (Å²) in [5.41, 5.74) is 1.35. The van der Waals surface area contributed by atoms with Crippen molar-refractivity contribution in [2.75, 3.05) is 11.4 Å². The number of benzene rings is 2. The summed E-state index contributed by atoms with van der Waals surface area (Å²) in [5, 5.41) is 3.44. The van der Waals surface area contributed by atoms with Gasteiger partial charge in [0.05, 0.1) is 17.0 Å². The van der Waals surface area contributed by atoms with Gasteiger partial charge in [-0.2, -0.15) is 0 Å². The highest BCUT2D eigenvalue weighted by molar-refractivity contribution is 7.92. The van der Waals surface area contributed by atoms with Crippen molar-refractivity contribution in [3.8, 4) is 0 Å². The quantitative estimate of drug-likeness (QED) is 0.717. The van der Waals surface area contributed by atoms with E-state index in [1.807, 2.05) is 6.92 Å². The summed E-state index contributed by atoms with van der Waals surface area (Å²) in [6.07, 6.45) is 2.23. The van der Waals surface area contributed by atoms with Gasteiger partial charge >= 0.3 is 0 Å². The smallest absolute Gasteiger partial charge is 0.264 e. The first-order chi connectivity index (χ1) is 12.7. The third kappa shape index (κ3) is 5.71. The number of halogens is 1. The lowest BCUT2D eigenvalue weighted by molar-refractivity contribution is -0.121. The number of anilines is 1. The Morgan fingerprint density at radius 3 is 2.26 bits per heavy atom. The Hall–Kier alpha value is -2.05. The molecule has 0 bridgehead atoms. The molecule has 0 spiro atoms. The molecule has 0 saturated heterocycles. The van der Waals surface area contributed by atoms with Gasteiger partial charge in [-0.15, -0.1) is 0 Å². The molecule has 0 heterocycles. The van der Waals surface area contributed by atoms with Crippen molar-refractivity contribution in [1.29, 1.82) is 0 Å². The Bertz CT molecular complexity index is 865. The minimum atomic E-state index is -3.67. The molecule has 2 rings (SSSR count). The van der Waals surface area contributed by atoms with Crippen LogP contribution in [0.2, 0.25) is 5.02 Å². The highest BCUT2D eigenvalue weighted by Crippen LogP contribution is 2.23. The Labute approximate surface area is 166 Å². The number of carbonyl (C=O) groups is 1. The van der Waals surface area contributed by atoms with Gasteiger partial charge in [0.15, 0.2) is 0 Å². The molecule has 1 atom stereocenters. The minimum absolute atomic E-state index is 0.0363. The van der Waals surface area contributed by atoms with Crippen molar-refractivity contribution in [2.45, 2.75) is 44.0 Å². The maximum absolute atomic E-state index is 12.7. The van der Waals surface area contributed by atoms with Crippen molar-refractivity contribution in [2.24, 2.45) is 0 Å². The maximum Gasteiger partial charge on any atom is 0.264 e. The van der Waals surface area contributed by atoms with Crippen LogP contribution in [-0.4, -0.2) is 27.4 Å². The molecule has 0 aliphatic heterocycles. The van der Waals surface area contributed by atoms with Gasteiger partial charge < -0.3 is 5.32 Å². The first-order valence-corrected chi connectivity index (χ1v) is 10.7. The van der Waals surface area contributed by atoms with Gasteiger partial charge in [-0.25, -0.2) is 8.42 Å². The van der Waals surface area contributed by atoms with Crippen LogP contribution in [0.1, 0.15) is 32.3 Å². The summed E-state index contributed by atoms with van der Waals surface area (Å²) in [7, 11) is -2.17. The molecule has 0 aliphatic rings. The van der Waals surface area contributed by atoms with Crippen LogP contribution in [0.15, 0.2) is 53.4 Å². The molecule has 0 radical (unpaired) electrons. The molecule has 2 aromatic carbocycles. The number of amides is 1. The molecule has 0 aromatic heterocycles. The molecule has 0 fully saturated rings. The first-order valence-electron chi connectivity index (χ1n) is 8.87. The first kappa shape index (κ1) is 21.3. The van der Waals surface area contributed by atoms with E-state index in [-0.39, 0.29) is 23.3 Å². The van der Waals surface area contributed by atoms with E-state index in [2.05, 4.69) is 12.2 Å². The van der Waals surface area contributed by atoms with E-state index in [9.17, 15) is 13.2 Å². The van der Waals surface area contributed by atoms with Crippen molar-refractivity contribution in [3.63, 3.8) is 0 Å². The lowest BCUT2D eigenvalue weighted by Gasteiger charge is -2.20. The number of hydrogen-bond donors (Lipinski definition) is 1. The number of hydrogen-bond acceptors (Lipinski definition) is 3. The second-order valence-corrected chi connectivity index (χ2v) is 8.93. The van der Waals surface area contributed by atoms with E-state index >= 15 is 0 Å². The number of rotatable bonds is 8. The molecule has 0 aliphatic carbocycles. The van der Waals surface area contributed by atoms with E-state index in [0.717, 1.165) is 18.4 Å². The van der Waals surface area contributed by atoms with Crippen LogP contribution in [0.5, 0.6) is 0 Å². The highest BCUT2D eigenvalue weighted by Gasteiger charge is 2.21. The number of sulfonamides is 1. The Morgan fingerprint density at radius 1 is 1.11 bits per heavy atom. The predicted octanol–water partition coefficient (Wildman–Crippen LogP) is 4.01. The van der Waals surface area contributed by atoms with Crippen molar-refractivity contribution < 1.29 is 13.2 Å². The zero-order valence-electron chi connectivity index (χ0n) is 15.8. The van der Waals surface area contributed by atoms with Crippen molar-refractivity contribution in [1.82, 2.24) is 5.32 Å². The summed E-state index contributed by atoms with van der Waals surface area (Å²) in [4.78, 5) is 12.2. The maximum atomic E-state index is 12.7. The molecule has 1 N–H and O–H groups in total. The Morgan fingerprint density at radius 2 is 1.70 bits per heavy atom. The van der Waals surface area contributed by atoms with Crippen LogP contribution in [0.3, 0.4) is 0 Å². The normalized spacial score (nSPS) is 12.4. The molecule has 27 heavy (non-hydrogen) atoms. The molecule has 0 saturated carbocycles. The SMILES string of the molecule is CCC[C@@H](C)NC(=O)Cc1ccc(N(C)S(=O)(=O)c2ccc(Cl)cc2)cc1. The summed E-state index contributed by atoms with van der Waals surface area (Å²) in [5.74, 6) is -0.0363. The monoisotopic (exact) mass is 408 g/mol. The van der Waals surface area contributed by atoms with Gasteiger partial charge in [-0.3, -0.25) is 9.10 Å². The summed E-state index contributed by atoms with van der Waals surface area (Å²) < 4.78 is 26.6. The van der Waals surface area contributed by atoms with Crippen LogP contribution in [0, 0.1) is 0 Å². The summed E-state index contributed by atoms with van der Waals surface area (Å²) in [6, 6.07) is 13.1. The second-order valence-electron chi connectivity index (χ2n) is 6.53. The zero-order valence-corrected chi connectivity index (χ0v) is 17.3. The Balaban J connectivity index is 2.07. The molecular weight excluding hydrogens is 384 g/mol. The lowest BCUT2D eigenvalue weighted by Crippen LogP contribution is -2.33. The third-order valence-corrected chi connectivity index (χ3v) is 6.32. The van der Waals surface area contributed by atoms with Crippen LogP contribution in [-0.2, 0) is 21.2 Å². The Kier molecular flexibility index (Phi) is 7.27. The van der Waals surface area contributed by atoms with Gasteiger partial charge in [0.2, 0.25) is 5.91 Å². The van der Waals surface area contributed by atoms with E-state index < -0.39 is 10.0 Å². The number of carbonyl (C=O) groups excluding carboxylic acids is 1. The third-order valence-electron chi connectivity index (χ3n) is 4.27. The largest absolute Gasteiger partial charge is 0.353 e. The van der Waals surface area contributed by atoms with E-state index in [1.54, 1.807) is 36.4 Å². The van der Waals surface area contributed by atoms with Gasteiger partial charge in [0, 0.05) is 18.1 Å². The summed E-state index contributed by atoms with van der Waals surface area (Å²) in [6.45, 7) is 4.07. The molecule has 1 amide bonds.